The second-order valence-corrected chi connectivity index (χ2v) is 8.23. The molecular formula is C23H24ClN3O5. The fraction of sp³-hybridized carbons (Fsp3) is 0.348. The zero-order valence-corrected chi connectivity index (χ0v) is 18.6. The first-order valence-corrected chi connectivity index (χ1v) is 10.6. The maximum absolute atomic E-state index is 12.9. The molecule has 0 saturated carbocycles. The number of methoxy groups -OCH3 is 2. The van der Waals surface area contributed by atoms with Crippen LogP contribution >= 0.6 is 11.6 Å². The summed E-state index contributed by atoms with van der Waals surface area (Å²) in [5.74, 6) is 0.683. The molecule has 2 heterocycles. The van der Waals surface area contributed by atoms with Crippen molar-refractivity contribution in [3.63, 3.8) is 0 Å². The normalized spacial score (nSPS) is 17.8. The van der Waals surface area contributed by atoms with E-state index in [-0.39, 0.29) is 18.9 Å². The highest BCUT2D eigenvalue weighted by atomic mass is 35.5. The first-order valence-electron chi connectivity index (χ1n) is 10.3. The number of hydrogen-bond donors (Lipinski definition) is 1. The van der Waals surface area contributed by atoms with E-state index in [4.69, 9.17) is 21.1 Å². The molecule has 0 bridgehead atoms. The molecule has 4 amide bonds. The molecule has 1 N–H and O–H groups in total. The van der Waals surface area contributed by atoms with E-state index in [1.165, 1.54) is 0 Å². The van der Waals surface area contributed by atoms with Crippen LogP contribution in [0.25, 0.3) is 0 Å². The van der Waals surface area contributed by atoms with E-state index in [0.717, 1.165) is 21.6 Å². The lowest BCUT2D eigenvalue weighted by Gasteiger charge is -2.30. The Labute approximate surface area is 191 Å². The zero-order chi connectivity index (χ0) is 22.8. The number of fused-ring (bicyclic) bond motifs is 1. The minimum Gasteiger partial charge on any atom is -0.493 e. The minimum absolute atomic E-state index is 0.0791. The van der Waals surface area contributed by atoms with Crippen molar-refractivity contribution in [2.75, 3.05) is 20.8 Å². The maximum Gasteiger partial charge on any atom is 0.325 e. The Bertz CT molecular complexity index is 1060. The van der Waals surface area contributed by atoms with Gasteiger partial charge < -0.3 is 19.7 Å². The van der Waals surface area contributed by atoms with E-state index < -0.39 is 18.0 Å². The molecule has 2 aliphatic rings. The van der Waals surface area contributed by atoms with Crippen LogP contribution in [-0.2, 0) is 29.1 Å². The lowest BCUT2D eigenvalue weighted by molar-refractivity contribution is -0.136. The van der Waals surface area contributed by atoms with Crippen LogP contribution in [0.15, 0.2) is 36.4 Å². The van der Waals surface area contributed by atoms with Crippen molar-refractivity contribution in [1.82, 2.24) is 15.1 Å². The molecule has 2 aliphatic heterocycles. The summed E-state index contributed by atoms with van der Waals surface area (Å²) >= 11 is 5.89. The van der Waals surface area contributed by atoms with Gasteiger partial charge in [0.1, 0.15) is 6.04 Å². The highest BCUT2D eigenvalue weighted by Crippen LogP contribution is 2.33. The smallest absolute Gasteiger partial charge is 0.325 e. The third kappa shape index (κ3) is 4.36. The molecule has 8 nitrogen and oxygen atoms in total. The van der Waals surface area contributed by atoms with Crippen LogP contribution in [0.3, 0.4) is 0 Å². The van der Waals surface area contributed by atoms with Crippen molar-refractivity contribution >= 4 is 29.4 Å². The van der Waals surface area contributed by atoms with Gasteiger partial charge in [0.2, 0.25) is 5.91 Å². The molecule has 0 spiro atoms. The number of nitrogens with zero attached hydrogens (tertiary/aromatic N) is 2. The Morgan fingerprint density at radius 2 is 1.75 bits per heavy atom. The molecule has 1 fully saturated rings. The summed E-state index contributed by atoms with van der Waals surface area (Å²) in [4.78, 5) is 40.9. The van der Waals surface area contributed by atoms with Crippen molar-refractivity contribution in [1.29, 1.82) is 0 Å². The highest BCUT2D eigenvalue weighted by molar-refractivity contribution is 6.30. The molecule has 168 valence electrons. The van der Waals surface area contributed by atoms with Gasteiger partial charge in [-0.3, -0.25) is 14.5 Å². The van der Waals surface area contributed by atoms with Gasteiger partial charge in [-0.2, -0.15) is 0 Å². The summed E-state index contributed by atoms with van der Waals surface area (Å²) in [5.41, 5.74) is 2.86. The largest absolute Gasteiger partial charge is 0.493 e. The molecule has 2 aromatic rings. The molecule has 0 radical (unpaired) electrons. The standard InChI is InChI=1S/C23H24ClN3O5/c1-31-19-9-15-7-8-26(13-16(15)10-20(19)32-2)21(28)11-18-22(29)27(23(30)25-18)12-14-3-5-17(24)6-4-14/h3-6,9-10,18H,7-8,11-13H2,1-2H3,(H,25,30). The monoisotopic (exact) mass is 457 g/mol. The van der Waals surface area contributed by atoms with Crippen LogP contribution in [-0.4, -0.2) is 54.5 Å². The lowest BCUT2D eigenvalue weighted by atomic mass is 9.98. The first-order chi connectivity index (χ1) is 15.4. The summed E-state index contributed by atoms with van der Waals surface area (Å²) in [6.45, 7) is 1.08. The molecular weight excluding hydrogens is 434 g/mol. The minimum atomic E-state index is -0.867. The van der Waals surface area contributed by atoms with E-state index >= 15 is 0 Å². The number of rotatable bonds is 6. The topological polar surface area (TPSA) is 88.2 Å². The SMILES string of the molecule is COc1cc2c(cc1OC)CN(C(=O)CC1NC(=O)N(Cc3ccc(Cl)cc3)C1=O)CC2. The molecule has 4 rings (SSSR count). The van der Waals surface area contributed by atoms with Crippen molar-refractivity contribution < 1.29 is 23.9 Å². The second-order valence-electron chi connectivity index (χ2n) is 7.80. The van der Waals surface area contributed by atoms with Crippen molar-refractivity contribution in [3.05, 3.63) is 58.1 Å². The van der Waals surface area contributed by atoms with Crippen LogP contribution in [0.5, 0.6) is 11.5 Å². The molecule has 2 aromatic carbocycles. The van der Waals surface area contributed by atoms with E-state index in [2.05, 4.69) is 5.32 Å². The molecule has 0 aliphatic carbocycles. The molecule has 1 saturated heterocycles. The molecule has 1 unspecified atom stereocenters. The Kier molecular flexibility index (Phi) is 6.23. The lowest BCUT2D eigenvalue weighted by Crippen LogP contribution is -2.41. The van der Waals surface area contributed by atoms with E-state index in [1.807, 2.05) is 12.1 Å². The Morgan fingerprint density at radius 1 is 1.09 bits per heavy atom. The van der Waals surface area contributed by atoms with E-state index in [1.54, 1.807) is 43.4 Å². The van der Waals surface area contributed by atoms with Crippen molar-refractivity contribution in [3.8, 4) is 11.5 Å². The third-order valence-corrected chi connectivity index (χ3v) is 6.06. The maximum atomic E-state index is 12.9. The predicted octanol–water partition coefficient (Wildman–Crippen LogP) is 2.75. The zero-order valence-electron chi connectivity index (χ0n) is 17.9. The van der Waals surface area contributed by atoms with Gasteiger partial charge in [-0.25, -0.2) is 4.79 Å². The third-order valence-electron chi connectivity index (χ3n) is 5.81. The fourth-order valence-electron chi connectivity index (χ4n) is 4.04. The van der Waals surface area contributed by atoms with E-state index in [9.17, 15) is 14.4 Å². The quantitative estimate of drug-likeness (QED) is 0.674. The van der Waals surface area contributed by atoms with Gasteiger partial charge in [-0.05, 0) is 47.4 Å². The van der Waals surface area contributed by atoms with Crippen LogP contribution in [0.1, 0.15) is 23.1 Å². The van der Waals surface area contributed by atoms with Gasteiger partial charge in [0.25, 0.3) is 5.91 Å². The number of carbonyl (C=O) groups excluding carboxylic acids is 3. The Morgan fingerprint density at radius 3 is 2.41 bits per heavy atom. The average molecular weight is 458 g/mol. The van der Waals surface area contributed by atoms with Crippen molar-refractivity contribution in [2.45, 2.75) is 32.0 Å². The van der Waals surface area contributed by atoms with Crippen LogP contribution in [0.2, 0.25) is 5.02 Å². The number of benzene rings is 2. The summed E-state index contributed by atoms with van der Waals surface area (Å²) in [6.07, 6.45) is 0.597. The van der Waals surface area contributed by atoms with Gasteiger partial charge in [0, 0.05) is 18.1 Å². The number of urea groups is 1. The van der Waals surface area contributed by atoms with Crippen LogP contribution in [0.4, 0.5) is 4.79 Å². The average Bonchev–Trinajstić information content (AvgIpc) is 3.06. The summed E-state index contributed by atoms with van der Waals surface area (Å²) < 4.78 is 10.7. The van der Waals surface area contributed by atoms with Gasteiger partial charge >= 0.3 is 6.03 Å². The molecule has 9 heteroatoms. The fourth-order valence-corrected chi connectivity index (χ4v) is 4.16. The molecule has 0 aromatic heterocycles. The van der Waals surface area contributed by atoms with Gasteiger partial charge in [-0.1, -0.05) is 23.7 Å². The first kappa shape index (κ1) is 22.0. The molecule has 32 heavy (non-hydrogen) atoms. The second kappa shape index (κ2) is 9.08. The summed E-state index contributed by atoms with van der Waals surface area (Å²) in [5, 5.41) is 3.21. The van der Waals surface area contributed by atoms with E-state index in [0.29, 0.717) is 36.0 Å². The number of carbonyl (C=O) groups is 3. The number of hydrogen-bond acceptors (Lipinski definition) is 5. The highest BCUT2D eigenvalue weighted by Gasteiger charge is 2.40. The number of ether oxygens (including phenoxy) is 2. The van der Waals surface area contributed by atoms with Gasteiger partial charge in [0.05, 0.1) is 27.2 Å². The Hall–Kier alpha value is -3.26. The van der Waals surface area contributed by atoms with Crippen LogP contribution < -0.4 is 14.8 Å². The number of halogens is 1. The van der Waals surface area contributed by atoms with Gasteiger partial charge in [0.15, 0.2) is 11.5 Å². The van der Waals surface area contributed by atoms with Crippen molar-refractivity contribution in [2.24, 2.45) is 0 Å². The summed E-state index contributed by atoms with van der Waals surface area (Å²) in [6, 6.07) is 9.38. The van der Waals surface area contributed by atoms with Gasteiger partial charge in [-0.15, -0.1) is 0 Å². The molecule has 1 atom stereocenters. The number of amides is 4. The summed E-state index contributed by atoms with van der Waals surface area (Å²) in [7, 11) is 3.16. The van der Waals surface area contributed by atoms with Crippen LogP contribution in [0, 0.1) is 0 Å². The number of nitrogens with one attached hydrogen (secondary N) is 1. The number of imide groups is 1. The Balaban J connectivity index is 1.40. The predicted molar refractivity (Wildman–Crippen MR) is 118 cm³/mol.